The molecule has 3 aromatic rings. The van der Waals surface area contributed by atoms with Crippen molar-refractivity contribution in [3.05, 3.63) is 89.6 Å². The summed E-state index contributed by atoms with van der Waals surface area (Å²) in [4.78, 5) is 28.1. The third-order valence-electron chi connectivity index (χ3n) is 5.17. The van der Waals surface area contributed by atoms with E-state index in [2.05, 4.69) is 5.32 Å². The van der Waals surface area contributed by atoms with Crippen LogP contribution < -0.4 is 19.7 Å². The summed E-state index contributed by atoms with van der Waals surface area (Å²) in [6, 6.07) is 21.7. The molecule has 0 aliphatic carbocycles. The van der Waals surface area contributed by atoms with E-state index in [-0.39, 0.29) is 11.6 Å². The summed E-state index contributed by atoms with van der Waals surface area (Å²) in [6.45, 7) is 4.46. The number of carbonyl (C=O) groups excluding carboxylic acids is 2. The molecule has 0 spiro atoms. The van der Waals surface area contributed by atoms with E-state index < -0.39 is 5.91 Å². The van der Waals surface area contributed by atoms with Gasteiger partial charge in [0.15, 0.2) is 0 Å². The first kappa shape index (κ1) is 21.2. The molecule has 1 aliphatic rings. The Morgan fingerprint density at radius 1 is 0.875 bits per heavy atom. The van der Waals surface area contributed by atoms with Crippen LogP contribution in [-0.2, 0) is 9.59 Å². The number of ether oxygens (including phenoxy) is 2. The minimum Gasteiger partial charge on any atom is -0.497 e. The van der Waals surface area contributed by atoms with Gasteiger partial charge in [0.2, 0.25) is 0 Å². The minimum absolute atomic E-state index is 0.228. The molecule has 3 aromatic carbocycles. The van der Waals surface area contributed by atoms with Crippen LogP contribution in [0.15, 0.2) is 78.5 Å². The Morgan fingerprint density at radius 3 is 2.25 bits per heavy atom. The topological polar surface area (TPSA) is 67.9 Å². The maximum atomic E-state index is 13.5. The molecule has 162 valence electrons. The van der Waals surface area contributed by atoms with E-state index in [0.29, 0.717) is 34.9 Å². The largest absolute Gasteiger partial charge is 0.497 e. The van der Waals surface area contributed by atoms with Gasteiger partial charge < -0.3 is 14.8 Å². The zero-order valence-corrected chi connectivity index (χ0v) is 18.2. The van der Waals surface area contributed by atoms with Crippen LogP contribution in [0.3, 0.4) is 0 Å². The highest BCUT2D eigenvalue weighted by Gasteiger charge is 2.40. The predicted octanol–water partition coefficient (Wildman–Crippen LogP) is 4.80. The number of anilines is 2. The standard InChI is InChI=1S/C26H24N2O4/c1-4-32-21-14-12-19(13-15-21)27-24-23(18-10-8-17(2)9-11-18)25(29)28(26(24)30)20-6-5-7-22(16-20)31-3/h5-16,27H,4H2,1-3H3. The number of methoxy groups -OCH3 is 1. The van der Waals surface area contributed by atoms with Crippen molar-refractivity contribution >= 4 is 28.8 Å². The normalized spacial score (nSPS) is 13.5. The molecular weight excluding hydrogens is 404 g/mol. The fourth-order valence-corrected chi connectivity index (χ4v) is 3.56. The summed E-state index contributed by atoms with van der Waals surface area (Å²) in [5, 5.41) is 3.16. The number of nitrogens with zero attached hydrogens (tertiary/aromatic N) is 1. The average Bonchev–Trinajstić information content (AvgIpc) is 3.05. The Morgan fingerprint density at radius 2 is 1.59 bits per heavy atom. The fourth-order valence-electron chi connectivity index (χ4n) is 3.56. The van der Waals surface area contributed by atoms with Gasteiger partial charge in [-0.2, -0.15) is 0 Å². The van der Waals surface area contributed by atoms with Gasteiger partial charge in [0, 0.05) is 11.8 Å². The second-order valence-electron chi connectivity index (χ2n) is 7.35. The molecule has 4 rings (SSSR count). The van der Waals surface area contributed by atoms with E-state index in [9.17, 15) is 9.59 Å². The number of imide groups is 1. The third-order valence-corrected chi connectivity index (χ3v) is 5.17. The molecule has 1 heterocycles. The lowest BCUT2D eigenvalue weighted by molar-refractivity contribution is -0.120. The van der Waals surface area contributed by atoms with Crippen molar-refractivity contribution in [2.45, 2.75) is 13.8 Å². The second kappa shape index (κ2) is 8.98. The molecule has 0 saturated heterocycles. The average molecular weight is 428 g/mol. The van der Waals surface area contributed by atoms with Crippen LogP contribution >= 0.6 is 0 Å². The molecule has 2 amide bonds. The zero-order valence-electron chi connectivity index (χ0n) is 18.2. The molecule has 0 bridgehead atoms. The molecule has 1 aliphatic heterocycles. The van der Waals surface area contributed by atoms with Crippen molar-refractivity contribution in [1.29, 1.82) is 0 Å². The number of benzene rings is 3. The number of carbonyl (C=O) groups is 2. The van der Waals surface area contributed by atoms with E-state index in [1.165, 1.54) is 4.90 Å². The maximum Gasteiger partial charge on any atom is 0.282 e. The molecule has 0 aromatic heterocycles. The summed E-state index contributed by atoms with van der Waals surface area (Å²) >= 11 is 0. The zero-order chi connectivity index (χ0) is 22.7. The molecule has 0 fully saturated rings. The second-order valence-corrected chi connectivity index (χ2v) is 7.35. The smallest absolute Gasteiger partial charge is 0.282 e. The highest BCUT2D eigenvalue weighted by atomic mass is 16.5. The van der Waals surface area contributed by atoms with Gasteiger partial charge in [0.1, 0.15) is 17.2 Å². The Labute approximate surface area is 187 Å². The van der Waals surface area contributed by atoms with E-state index in [0.717, 1.165) is 11.3 Å². The van der Waals surface area contributed by atoms with Crippen molar-refractivity contribution in [3.8, 4) is 11.5 Å². The van der Waals surface area contributed by atoms with Crippen molar-refractivity contribution in [1.82, 2.24) is 0 Å². The van der Waals surface area contributed by atoms with Crippen LogP contribution in [0.4, 0.5) is 11.4 Å². The van der Waals surface area contributed by atoms with E-state index >= 15 is 0 Å². The Bertz CT molecular complexity index is 1180. The summed E-state index contributed by atoms with van der Waals surface area (Å²) in [7, 11) is 1.54. The predicted molar refractivity (Wildman–Crippen MR) is 125 cm³/mol. The number of aryl methyl sites for hydroxylation is 1. The number of amides is 2. The van der Waals surface area contributed by atoms with Crippen molar-refractivity contribution < 1.29 is 19.1 Å². The molecule has 32 heavy (non-hydrogen) atoms. The third kappa shape index (κ3) is 4.07. The lowest BCUT2D eigenvalue weighted by atomic mass is 10.0. The summed E-state index contributed by atoms with van der Waals surface area (Å²) in [5.74, 6) is 0.485. The highest BCUT2D eigenvalue weighted by Crippen LogP contribution is 2.35. The molecule has 0 radical (unpaired) electrons. The van der Waals surface area contributed by atoms with Gasteiger partial charge in [-0.05, 0) is 55.8 Å². The molecule has 6 nitrogen and oxygen atoms in total. The lowest BCUT2D eigenvalue weighted by Gasteiger charge is -2.16. The van der Waals surface area contributed by atoms with Gasteiger partial charge in [-0.1, -0.05) is 35.9 Å². The fraction of sp³-hybridized carbons (Fsp3) is 0.154. The maximum absolute atomic E-state index is 13.5. The number of nitrogens with one attached hydrogen (secondary N) is 1. The van der Waals surface area contributed by atoms with Crippen LogP contribution in [0.25, 0.3) is 5.57 Å². The van der Waals surface area contributed by atoms with Crippen LogP contribution in [0.1, 0.15) is 18.1 Å². The molecule has 0 atom stereocenters. The van der Waals surface area contributed by atoms with Crippen LogP contribution in [-0.4, -0.2) is 25.5 Å². The molecular formula is C26H24N2O4. The van der Waals surface area contributed by atoms with Crippen LogP contribution in [0, 0.1) is 6.92 Å². The highest BCUT2D eigenvalue weighted by molar-refractivity contribution is 6.46. The number of hydrogen-bond donors (Lipinski definition) is 1. The van der Waals surface area contributed by atoms with E-state index in [4.69, 9.17) is 9.47 Å². The first-order valence-corrected chi connectivity index (χ1v) is 10.4. The Balaban J connectivity index is 1.76. The number of hydrogen-bond acceptors (Lipinski definition) is 5. The van der Waals surface area contributed by atoms with Gasteiger partial charge in [-0.25, -0.2) is 4.90 Å². The summed E-state index contributed by atoms with van der Waals surface area (Å²) in [6.07, 6.45) is 0. The molecule has 0 saturated carbocycles. The molecule has 6 heteroatoms. The molecule has 1 N–H and O–H groups in total. The van der Waals surface area contributed by atoms with Gasteiger partial charge in [0.05, 0.1) is 25.0 Å². The Kier molecular flexibility index (Phi) is 5.94. The minimum atomic E-state index is -0.423. The van der Waals surface area contributed by atoms with Crippen molar-refractivity contribution in [2.75, 3.05) is 23.9 Å². The van der Waals surface area contributed by atoms with Gasteiger partial charge in [-0.3, -0.25) is 9.59 Å². The van der Waals surface area contributed by atoms with Crippen LogP contribution in [0.2, 0.25) is 0 Å². The lowest BCUT2D eigenvalue weighted by Crippen LogP contribution is -2.32. The van der Waals surface area contributed by atoms with Crippen molar-refractivity contribution in [2.24, 2.45) is 0 Å². The first-order chi connectivity index (χ1) is 15.5. The summed E-state index contributed by atoms with van der Waals surface area (Å²) in [5.41, 5.74) is 3.43. The van der Waals surface area contributed by atoms with Gasteiger partial charge in [-0.15, -0.1) is 0 Å². The van der Waals surface area contributed by atoms with Gasteiger partial charge in [0.25, 0.3) is 11.8 Å². The SMILES string of the molecule is CCOc1ccc(NC2=C(c3ccc(C)cc3)C(=O)N(c3cccc(OC)c3)C2=O)cc1. The quantitative estimate of drug-likeness (QED) is 0.548. The number of rotatable bonds is 7. The van der Waals surface area contributed by atoms with E-state index in [1.54, 1.807) is 31.4 Å². The van der Waals surface area contributed by atoms with E-state index in [1.807, 2.05) is 62.4 Å². The van der Waals surface area contributed by atoms with Gasteiger partial charge >= 0.3 is 0 Å². The Hall–Kier alpha value is -4.06. The summed E-state index contributed by atoms with van der Waals surface area (Å²) < 4.78 is 10.8. The monoisotopic (exact) mass is 428 g/mol. The first-order valence-electron chi connectivity index (χ1n) is 10.4. The molecule has 0 unspecified atom stereocenters. The van der Waals surface area contributed by atoms with Crippen molar-refractivity contribution in [3.63, 3.8) is 0 Å². The van der Waals surface area contributed by atoms with Crippen LogP contribution in [0.5, 0.6) is 11.5 Å².